The van der Waals surface area contributed by atoms with Crippen molar-refractivity contribution in [3.8, 4) is 0 Å². The van der Waals surface area contributed by atoms with E-state index in [0.717, 1.165) is 57.4 Å². The molecule has 0 aromatic carbocycles. The molecule has 27 heavy (non-hydrogen) atoms. The highest BCUT2D eigenvalue weighted by molar-refractivity contribution is 14.0. The average Bonchev–Trinajstić information content (AvgIpc) is 2.60. The van der Waals surface area contributed by atoms with Gasteiger partial charge >= 0.3 is 6.03 Å². The zero-order valence-electron chi connectivity index (χ0n) is 17.2. The zero-order valence-corrected chi connectivity index (χ0v) is 19.6. The molecule has 4 N–H and O–H groups in total. The first-order valence-electron chi connectivity index (χ1n) is 10.3. The number of carbonyl (C=O) groups excluding carboxylic acids is 1. The molecular formula is C19H39IN6O. The molecule has 2 aliphatic rings. The van der Waals surface area contributed by atoms with Gasteiger partial charge in [0.25, 0.3) is 0 Å². The smallest absolute Gasteiger partial charge is 0.314 e. The first kappa shape index (κ1) is 24.3. The molecule has 2 fully saturated rings. The second-order valence-electron chi connectivity index (χ2n) is 8.13. The highest BCUT2D eigenvalue weighted by Crippen LogP contribution is 2.18. The topological polar surface area (TPSA) is 86.0 Å². The van der Waals surface area contributed by atoms with Gasteiger partial charge in [0.2, 0.25) is 0 Å². The number of hydrogen-bond donors (Lipinski definition) is 3. The number of aliphatic imine (C=N–C) groups is 1. The van der Waals surface area contributed by atoms with Gasteiger partial charge in [-0.15, -0.1) is 24.0 Å². The summed E-state index contributed by atoms with van der Waals surface area (Å²) in [6, 6.07) is 0.0412. The molecule has 2 aliphatic heterocycles. The van der Waals surface area contributed by atoms with Gasteiger partial charge in [0.1, 0.15) is 0 Å². The number of carbonyl (C=O) groups is 1. The number of piperidine rings is 2. The Morgan fingerprint density at radius 1 is 1.22 bits per heavy atom. The van der Waals surface area contributed by atoms with Crippen molar-refractivity contribution in [2.24, 2.45) is 22.6 Å². The second-order valence-corrected chi connectivity index (χ2v) is 8.13. The number of nitrogens with one attached hydrogen (secondary N) is 2. The molecular weight excluding hydrogens is 455 g/mol. The van der Waals surface area contributed by atoms with Crippen LogP contribution in [0.3, 0.4) is 0 Å². The molecule has 8 heteroatoms. The van der Waals surface area contributed by atoms with Crippen molar-refractivity contribution in [1.82, 2.24) is 20.4 Å². The Kier molecular flexibility index (Phi) is 11.4. The van der Waals surface area contributed by atoms with Crippen LogP contribution in [-0.4, -0.2) is 73.6 Å². The van der Waals surface area contributed by atoms with E-state index in [-0.39, 0.29) is 30.0 Å². The Morgan fingerprint density at radius 3 is 2.52 bits per heavy atom. The van der Waals surface area contributed by atoms with Crippen molar-refractivity contribution in [2.75, 3.05) is 45.8 Å². The fourth-order valence-electron chi connectivity index (χ4n) is 3.96. The number of urea groups is 1. The van der Waals surface area contributed by atoms with Gasteiger partial charge in [-0.05, 0) is 51.0 Å². The van der Waals surface area contributed by atoms with E-state index in [1.807, 2.05) is 0 Å². The number of nitrogens with zero attached hydrogens (tertiary/aromatic N) is 3. The number of primary amides is 1. The lowest BCUT2D eigenvalue weighted by Gasteiger charge is -2.34. The molecule has 2 rings (SSSR count). The minimum atomic E-state index is -0.313. The van der Waals surface area contributed by atoms with Crippen LogP contribution in [-0.2, 0) is 0 Å². The van der Waals surface area contributed by atoms with Crippen molar-refractivity contribution >= 4 is 36.0 Å². The summed E-state index contributed by atoms with van der Waals surface area (Å²) in [6.45, 7) is 13.4. The summed E-state index contributed by atoms with van der Waals surface area (Å²) in [5.74, 6) is 2.28. The summed E-state index contributed by atoms with van der Waals surface area (Å²) >= 11 is 0. The molecule has 0 aromatic heterocycles. The van der Waals surface area contributed by atoms with Crippen LogP contribution < -0.4 is 16.4 Å². The van der Waals surface area contributed by atoms with Crippen molar-refractivity contribution in [1.29, 1.82) is 0 Å². The first-order valence-corrected chi connectivity index (χ1v) is 10.3. The molecule has 7 nitrogen and oxygen atoms in total. The lowest BCUT2D eigenvalue weighted by molar-refractivity contribution is 0.162. The second kappa shape index (κ2) is 12.6. The van der Waals surface area contributed by atoms with E-state index < -0.39 is 0 Å². The zero-order chi connectivity index (χ0) is 18.9. The fraction of sp³-hybridized carbons (Fsp3) is 0.895. The molecule has 2 amide bonds. The lowest BCUT2D eigenvalue weighted by Crippen LogP contribution is -2.51. The third-order valence-corrected chi connectivity index (χ3v) is 5.23. The van der Waals surface area contributed by atoms with E-state index in [4.69, 9.17) is 10.7 Å². The molecule has 1 unspecified atom stereocenters. The van der Waals surface area contributed by atoms with Gasteiger partial charge in [0.05, 0.1) is 0 Å². The highest BCUT2D eigenvalue weighted by Gasteiger charge is 2.23. The predicted molar refractivity (Wildman–Crippen MR) is 123 cm³/mol. The number of likely N-dealkylation sites (tertiary alicyclic amines) is 2. The van der Waals surface area contributed by atoms with Crippen LogP contribution in [0.15, 0.2) is 4.99 Å². The molecule has 158 valence electrons. The summed E-state index contributed by atoms with van der Waals surface area (Å²) < 4.78 is 0. The van der Waals surface area contributed by atoms with Gasteiger partial charge < -0.3 is 26.2 Å². The summed E-state index contributed by atoms with van der Waals surface area (Å²) in [7, 11) is 0. The SMILES string of the molecule is CCNC(=NCC1CCCN(CC(C)C)C1)NC1CCN(C(N)=O)CC1.I. The van der Waals surface area contributed by atoms with Crippen molar-refractivity contribution in [3.05, 3.63) is 0 Å². The van der Waals surface area contributed by atoms with Gasteiger partial charge in [0.15, 0.2) is 5.96 Å². The molecule has 0 radical (unpaired) electrons. The Balaban J connectivity index is 0.00000364. The molecule has 0 saturated carbocycles. The van der Waals surface area contributed by atoms with Crippen LogP contribution in [0.4, 0.5) is 4.79 Å². The highest BCUT2D eigenvalue weighted by atomic mass is 127. The standard InChI is InChI=1S/C19H38N6O.HI/c1-4-21-19(23-17-7-10-25(11-8-17)18(20)26)22-12-16-6-5-9-24(14-16)13-15(2)3;/h15-17H,4-14H2,1-3H3,(H2,20,26)(H2,21,22,23);1H. The van der Waals surface area contributed by atoms with Gasteiger partial charge in [0, 0.05) is 45.3 Å². The van der Waals surface area contributed by atoms with Crippen LogP contribution in [0, 0.1) is 11.8 Å². The number of guanidine groups is 1. The van der Waals surface area contributed by atoms with Crippen molar-refractivity contribution in [3.63, 3.8) is 0 Å². The third-order valence-electron chi connectivity index (χ3n) is 5.23. The van der Waals surface area contributed by atoms with Crippen molar-refractivity contribution < 1.29 is 4.79 Å². The quantitative estimate of drug-likeness (QED) is 0.300. The number of nitrogens with two attached hydrogens (primary N) is 1. The molecule has 0 bridgehead atoms. The summed E-state index contributed by atoms with van der Waals surface area (Å²) in [6.07, 6.45) is 4.38. The Bertz CT molecular complexity index is 465. The van der Waals surface area contributed by atoms with Gasteiger partial charge in [-0.25, -0.2) is 4.79 Å². The van der Waals surface area contributed by atoms with E-state index in [2.05, 4.69) is 36.3 Å². The number of rotatable bonds is 6. The van der Waals surface area contributed by atoms with E-state index in [1.165, 1.54) is 25.9 Å². The molecule has 2 heterocycles. The minimum Gasteiger partial charge on any atom is -0.357 e. The molecule has 0 aromatic rings. The normalized spacial score (nSPS) is 22.4. The Hall–Kier alpha value is -0.770. The summed E-state index contributed by atoms with van der Waals surface area (Å²) in [5.41, 5.74) is 5.36. The van der Waals surface area contributed by atoms with Gasteiger partial charge in [-0.1, -0.05) is 13.8 Å². The van der Waals surface area contributed by atoms with E-state index in [9.17, 15) is 4.79 Å². The predicted octanol–water partition coefficient (Wildman–Crippen LogP) is 2.07. The van der Waals surface area contributed by atoms with Crippen LogP contribution >= 0.6 is 24.0 Å². The summed E-state index contributed by atoms with van der Waals surface area (Å²) in [5, 5.41) is 6.91. The number of halogens is 1. The van der Waals surface area contributed by atoms with E-state index >= 15 is 0 Å². The number of amides is 2. The third kappa shape index (κ3) is 8.85. The van der Waals surface area contributed by atoms with Crippen molar-refractivity contribution in [2.45, 2.75) is 52.5 Å². The monoisotopic (exact) mass is 494 g/mol. The maximum atomic E-state index is 11.2. The first-order chi connectivity index (χ1) is 12.5. The van der Waals surface area contributed by atoms with Crippen LogP contribution in [0.1, 0.15) is 46.5 Å². The fourth-order valence-corrected chi connectivity index (χ4v) is 3.96. The average molecular weight is 494 g/mol. The number of hydrogen-bond acceptors (Lipinski definition) is 3. The summed E-state index contributed by atoms with van der Waals surface area (Å²) in [4.78, 5) is 20.4. The Morgan fingerprint density at radius 2 is 1.93 bits per heavy atom. The van der Waals surface area contributed by atoms with Gasteiger partial charge in [-0.2, -0.15) is 0 Å². The van der Waals surface area contributed by atoms with E-state index in [1.54, 1.807) is 4.90 Å². The molecule has 1 atom stereocenters. The Labute approximate surface area is 181 Å². The minimum absolute atomic E-state index is 0. The molecule has 0 spiro atoms. The van der Waals surface area contributed by atoms with Crippen LogP contribution in [0.25, 0.3) is 0 Å². The maximum Gasteiger partial charge on any atom is 0.314 e. The van der Waals surface area contributed by atoms with E-state index in [0.29, 0.717) is 12.0 Å². The van der Waals surface area contributed by atoms with Crippen LogP contribution in [0.2, 0.25) is 0 Å². The van der Waals surface area contributed by atoms with Gasteiger partial charge in [-0.3, -0.25) is 4.99 Å². The molecule has 2 saturated heterocycles. The van der Waals surface area contributed by atoms with Crippen LogP contribution in [0.5, 0.6) is 0 Å². The largest absolute Gasteiger partial charge is 0.357 e. The molecule has 0 aliphatic carbocycles. The lowest BCUT2D eigenvalue weighted by atomic mass is 9.97. The maximum absolute atomic E-state index is 11.2.